The number of nitrogens with one attached hydrogen (secondary N) is 2. The molecule has 7 heteroatoms. The molecule has 0 bridgehead atoms. The van der Waals surface area contributed by atoms with Crippen LogP contribution in [0.1, 0.15) is 37.7 Å². The van der Waals surface area contributed by atoms with Gasteiger partial charge in [-0.2, -0.15) is 0 Å². The minimum atomic E-state index is -0.388. The van der Waals surface area contributed by atoms with Crippen molar-refractivity contribution >= 4 is 11.9 Å². The van der Waals surface area contributed by atoms with E-state index in [-0.39, 0.29) is 24.4 Å². The highest BCUT2D eigenvalue weighted by molar-refractivity contribution is 5.85. The maximum atomic E-state index is 13.1. The summed E-state index contributed by atoms with van der Waals surface area (Å²) in [7, 11) is 0. The Morgan fingerprint density at radius 2 is 1.63 bits per heavy atom. The van der Waals surface area contributed by atoms with Gasteiger partial charge in [-0.25, -0.2) is 4.79 Å². The second-order valence-corrected chi connectivity index (χ2v) is 8.46. The molecule has 1 aromatic rings. The van der Waals surface area contributed by atoms with Crippen LogP contribution in [0.2, 0.25) is 0 Å². The van der Waals surface area contributed by atoms with Gasteiger partial charge in [0.15, 0.2) is 0 Å². The van der Waals surface area contributed by atoms with Crippen LogP contribution in [0, 0.1) is 5.92 Å². The first kappa shape index (κ1) is 22.6. The molecule has 166 valence electrons. The van der Waals surface area contributed by atoms with E-state index in [1.807, 2.05) is 35.2 Å². The molecule has 3 rings (SSSR count). The van der Waals surface area contributed by atoms with E-state index in [9.17, 15) is 9.59 Å². The largest absolute Gasteiger partial charge is 0.378 e. The lowest BCUT2D eigenvalue weighted by Crippen LogP contribution is -2.47. The molecule has 2 aliphatic heterocycles. The Hall–Kier alpha value is -2.12. The molecule has 7 nitrogen and oxygen atoms in total. The smallest absolute Gasteiger partial charge is 0.314 e. The second-order valence-electron chi connectivity index (χ2n) is 8.46. The number of hydrogen-bond donors (Lipinski definition) is 2. The number of amides is 3. The van der Waals surface area contributed by atoms with Crippen LogP contribution in [0.25, 0.3) is 0 Å². The number of rotatable bonds is 8. The van der Waals surface area contributed by atoms with Crippen LogP contribution >= 0.6 is 0 Å². The number of carbonyl (C=O) groups excluding carboxylic acids is 2. The van der Waals surface area contributed by atoms with Crippen LogP contribution in [-0.4, -0.2) is 80.8 Å². The van der Waals surface area contributed by atoms with Crippen LogP contribution in [0.15, 0.2) is 30.3 Å². The molecule has 0 aliphatic carbocycles. The predicted octanol–water partition coefficient (Wildman–Crippen LogP) is 2.05. The van der Waals surface area contributed by atoms with Crippen molar-refractivity contribution in [1.82, 2.24) is 20.4 Å². The van der Waals surface area contributed by atoms with E-state index in [1.54, 1.807) is 0 Å². The lowest BCUT2D eigenvalue weighted by molar-refractivity contribution is -0.136. The molecule has 2 fully saturated rings. The summed E-state index contributed by atoms with van der Waals surface area (Å²) in [6.45, 7) is 8.77. The summed E-state index contributed by atoms with van der Waals surface area (Å²) < 4.78 is 5.37. The maximum absolute atomic E-state index is 13.1. The Balaban J connectivity index is 1.48. The van der Waals surface area contributed by atoms with E-state index in [0.29, 0.717) is 38.8 Å². The van der Waals surface area contributed by atoms with Gasteiger partial charge in [-0.3, -0.25) is 4.79 Å². The van der Waals surface area contributed by atoms with E-state index in [1.165, 1.54) is 32.4 Å². The first-order chi connectivity index (χ1) is 14.6. The van der Waals surface area contributed by atoms with E-state index >= 15 is 0 Å². The molecule has 2 atom stereocenters. The molecule has 3 amide bonds. The van der Waals surface area contributed by atoms with E-state index in [0.717, 1.165) is 12.1 Å². The van der Waals surface area contributed by atoms with Gasteiger partial charge in [-0.15, -0.1) is 0 Å². The lowest BCUT2D eigenvalue weighted by Gasteiger charge is -2.31. The van der Waals surface area contributed by atoms with Gasteiger partial charge in [0, 0.05) is 32.7 Å². The Morgan fingerprint density at radius 3 is 2.33 bits per heavy atom. The SMILES string of the molecule is CC(CNC(=O)NCC(C(=O)N1CCOCC1)c1ccccc1)CN1CCCCC1. The third-order valence-corrected chi connectivity index (χ3v) is 5.92. The Labute approximate surface area is 180 Å². The highest BCUT2D eigenvalue weighted by Gasteiger charge is 2.27. The standard InChI is InChI=1S/C23H36N4O3/c1-19(18-26-10-6-3-7-11-26)16-24-23(29)25-17-21(20-8-4-2-5-9-20)22(28)27-12-14-30-15-13-27/h2,4-5,8-9,19,21H,3,6-7,10-18H2,1H3,(H2,24,25,29). The molecule has 2 N–H and O–H groups in total. The summed E-state index contributed by atoms with van der Waals surface area (Å²) in [6.07, 6.45) is 3.88. The molecule has 2 saturated heterocycles. The van der Waals surface area contributed by atoms with Crippen molar-refractivity contribution < 1.29 is 14.3 Å². The van der Waals surface area contributed by atoms with Crippen molar-refractivity contribution in [2.75, 3.05) is 59.0 Å². The van der Waals surface area contributed by atoms with Gasteiger partial charge < -0.3 is 25.2 Å². The summed E-state index contributed by atoms with van der Waals surface area (Å²) in [4.78, 5) is 29.8. The van der Waals surface area contributed by atoms with E-state index in [4.69, 9.17) is 4.74 Å². The molecule has 0 saturated carbocycles. The predicted molar refractivity (Wildman–Crippen MR) is 117 cm³/mol. The molecule has 0 spiro atoms. The summed E-state index contributed by atoms with van der Waals surface area (Å²) in [5.41, 5.74) is 0.924. The second kappa shape index (κ2) is 11.9. The van der Waals surface area contributed by atoms with Crippen LogP contribution in [0.3, 0.4) is 0 Å². The number of morpholine rings is 1. The zero-order valence-electron chi connectivity index (χ0n) is 18.1. The van der Waals surface area contributed by atoms with Crippen molar-refractivity contribution in [2.45, 2.75) is 32.1 Å². The summed E-state index contributed by atoms with van der Waals surface area (Å²) in [5.74, 6) is 0.0536. The van der Waals surface area contributed by atoms with Crippen LogP contribution in [0.4, 0.5) is 4.79 Å². The number of likely N-dealkylation sites (tertiary alicyclic amines) is 1. The van der Waals surface area contributed by atoms with Crippen LogP contribution < -0.4 is 10.6 Å². The highest BCUT2D eigenvalue weighted by Crippen LogP contribution is 2.19. The fourth-order valence-corrected chi connectivity index (χ4v) is 4.21. The summed E-state index contributed by atoms with van der Waals surface area (Å²) in [5, 5.41) is 5.89. The average molecular weight is 417 g/mol. The van der Waals surface area contributed by atoms with Gasteiger partial charge in [0.25, 0.3) is 0 Å². The molecule has 1 aromatic carbocycles. The molecule has 2 unspecified atom stereocenters. The molecule has 2 heterocycles. The van der Waals surface area contributed by atoms with Crippen molar-refractivity contribution in [3.63, 3.8) is 0 Å². The van der Waals surface area contributed by atoms with Gasteiger partial charge in [0.05, 0.1) is 19.1 Å². The van der Waals surface area contributed by atoms with E-state index in [2.05, 4.69) is 22.5 Å². The molecular weight excluding hydrogens is 380 g/mol. The Kier molecular flexibility index (Phi) is 8.96. The Morgan fingerprint density at radius 1 is 0.967 bits per heavy atom. The molecule has 0 radical (unpaired) electrons. The molecular formula is C23H36N4O3. The first-order valence-electron chi connectivity index (χ1n) is 11.3. The van der Waals surface area contributed by atoms with Crippen molar-refractivity contribution in [3.05, 3.63) is 35.9 Å². The molecule has 0 aromatic heterocycles. The van der Waals surface area contributed by atoms with Crippen LogP contribution in [-0.2, 0) is 9.53 Å². The Bertz CT molecular complexity index is 658. The van der Waals surface area contributed by atoms with Gasteiger partial charge in [-0.1, -0.05) is 43.7 Å². The van der Waals surface area contributed by atoms with Crippen LogP contribution in [0.5, 0.6) is 0 Å². The normalized spacial score (nSPS) is 19.7. The third-order valence-electron chi connectivity index (χ3n) is 5.92. The van der Waals surface area contributed by atoms with E-state index < -0.39 is 0 Å². The maximum Gasteiger partial charge on any atom is 0.314 e. The quantitative estimate of drug-likeness (QED) is 0.680. The van der Waals surface area contributed by atoms with Crippen molar-refractivity contribution in [1.29, 1.82) is 0 Å². The summed E-state index contributed by atoms with van der Waals surface area (Å²) >= 11 is 0. The minimum absolute atomic E-state index is 0.0447. The molecule has 2 aliphatic rings. The van der Waals surface area contributed by atoms with Crippen molar-refractivity contribution in [3.8, 4) is 0 Å². The highest BCUT2D eigenvalue weighted by atomic mass is 16.5. The number of piperidine rings is 1. The van der Waals surface area contributed by atoms with Gasteiger partial charge in [0.2, 0.25) is 5.91 Å². The fraction of sp³-hybridized carbons (Fsp3) is 0.652. The monoisotopic (exact) mass is 416 g/mol. The van der Waals surface area contributed by atoms with Crippen molar-refractivity contribution in [2.24, 2.45) is 5.92 Å². The third kappa shape index (κ3) is 6.99. The number of hydrogen-bond acceptors (Lipinski definition) is 4. The lowest BCUT2D eigenvalue weighted by atomic mass is 9.97. The number of urea groups is 1. The van der Waals surface area contributed by atoms with Gasteiger partial charge >= 0.3 is 6.03 Å². The number of carbonyl (C=O) groups is 2. The molecule has 30 heavy (non-hydrogen) atoms. The number of nitrogens with zero attached hydrogens (tertiary/aromatic N) is 2. The topological polar surface area (TPSA) is 73.9 Å². The summed E-state index contributed by atoms with van der Waals surface area (Å²) in [6, 6.07) is 9.47. The van der Waals surface area contributed by atoms with Gasteiger partial charge in [-0.05, 0) is 37.4 Å². The van der Waals surface area contributed by atoms with Gasteiger partial charge in [0.1, 0.15) is 0 Å². The minimum Gasteiger partial charge on any atom is -0.378 e. The number of benzene rings is 1. The zero-order valence-corrected chi connectivity index (χ0v) is 18.1. The fourth-order valence-electron chi connectivity index (χ4n) is 4.21. The average Bonchev–Trinajstić information content (AvgIpc) is 2.79. The first-order valence-corrected chi connectivity index (χ1v) is 11.3. The zero-order chi connectivity index (χ0) is 21.2. The number of ether oxygens (including phenoxy) is 1.